The number of hydrogen-bond donors (Lipinski definition) is 2. The number of benzene rings is 1. The van der Waals surface area contributed by atoms with Crippen molar-refractivity contribution in [2.75, 3.05) is 11.8 Å². The summed E-state index contributed by atoms with van der Waals surface area (Å²) in [7, 11) is -2.25. The molecule has 0 aliphatic rings. The first kappa shape index (κ1) is 15.3. The number of amides is 1. The molecule has 0 saturated heterocycles. The number of nitrogens with one attached hydrogen (secondary N) is 2. The van der Waals surface area contributed by atoms with Crippen LogP contribution >= 0.6 is 11.6 Å². The molecule has 0 fully saturated rings. The minimum atomic E-state index is -3.75. The maximum absolute atomic E-state index is 12.2. The number of nitrogens with zero attached hydrogens (tertiary/aromatic N) is 1. The van der Waals surface area contributed by atoms with E-state index in [1.54, 1.807) is 0 Å². The lowest BCUT2D eigenvalue weighted by Crippen LogP contribution is -2.18. The zero-order chi connectivity index (χ0) is 15.5. The molecule has 1 aromatic carbocycles. The van der Waals surface area contributed by atoms with E-state index >= 15 is 0 Å². The van der Waals surface area contributed by atoms with Gasteiger partial charge < -0.3 is 5.32 Å². The summed E-state index contributed by atoms with van der Waals surface area (Å²) in [5, 5.41) is 2.65. The van der Waals surface area contributed by atoms with Crippen LogP contribution in [0.5, 0.6) is 0 Å². The first-order chi connectivity index (χ1) is 9.92. The monoisotopic (exact) mass is 325 g/mol. The largest absolute Gasteiger partial charge is 0.355 e. The maximum atomic E-state index is 12.2. The molecule has 21 heavy (non-hydrogen) atoms. The van der Waals surface area contributed by atoms with Crippen LogP contribution < -0.4 is 10.0 Å². The quantitative estimate of drug-likeness (QED) is 0.840. The Morgan fingerprint density at radius 2 is 1.86 bits per heavy atom. The third-order valence-electron chi connectivity index (χ3n) is 2.63. The van der Waals surface area contributed by atoms with Gasteiger partial charge in [0, 0.05) is 18.8 Å². The number of aromatic nitrogens is 1. The van der Waals surface area contributed by atoms with Gasteiger partial charge in [0.1, 0.15) is 5.15 Å². The van der Waals surface area contributed by atoms with Crippen LogP contribution in [0.1, 0.15) is 10.4 Å². The summed E-state index contributed by atoms with van der Waals surface area (Å²) in [5.74, 6) is -0.284. The smallest absolute Gasteiger partial charge is 0.261 e. The highest BCUT2D eigenvalue weighted by Crippen LogP contribution is 2.18. The molecule has 1 amide bonds. The number of carbonyl (C=O) groups is 1. The van der Waals surface area contributed by atoms with Crippen molar-refractivity contribution < 1.29 is 13.2 Å². The van der Waals surface area contributed by atoms with Gasteiger partial charge in [0.05, 0.1) is 10.6 Å². The molecule has 1 aromatic heterocycles. The molecule has 0 spiro atoms. The van der Waals surface area contributed by atoms with E-state index in [0.717, 1.165) is 0 Å². The summed E-state index contributed by atoms with van der Waals surface area (Å²) in [6.45, 7) is 0. The van der Waals surface area contributed by atoms with Crippen LogP contribution in [-0.4, -0.2) is 26.4 Å². The van der Waals surface area contributed by atoms with E-state index in [4.69, 9.17) is 11.6 Å². The van der Waals surface area contributed by atoms with Crippen LogP contribution in [0, 0.1) is 0 Å². The third kappa shape index (κ3) is 3.71. The Morgan fingerprint density at radius 1 is 1.19 bits per heavy atom. The number of pyridine rings is 1. The highest BCUT2D eigenvalue weighted by atomic mass is 35.5. The fourth-order valence-corrected chi connectivity index (χ4v) is 2.83. The van der Waals surface area contributed by atoms with Gasteiger partial charge in [-0.05, 0) is 36.4 Å². The molecule has 0 saturated carbocycles. The molecule has 0 atom stereocenters. The molecule has 8 heteroatoms. The Hall–Kier alpha value is -2.12. The molecule has 2 rings (SSSR count). The van der Waals surface area contributed by atoms with Crippen LogP contribution in [0.15, 0.2) is 47.5 Å². The summed E-state index contributed by atoms with van der Waals surface area (Å²) in [6, 6.07) is 8.48. The third-order valence-corrected chi connectivity index (χ3v) is 4.24. The molecule has 6 nitrogen and oxygen atoms in total. The minimum absolute atomic E-state index is 0.0445. The summed E-state index contributed by atoms with van der Waals surface area (Å²) in [4.78, 5) is 15.2. The summed E-state index contributed by atoms with van der Waals surface area (Å²) in [6.07, 6.45) is 1.40. The molecule has 2 aromatic rings. The van der Waals surface area contributed by atoms with Crippen molar-refractivity contribution in [3.05, 3.63) is 53.3 Å². The summed E-state index contributed by atoms with van der Waals surface area (Å²) >= 11 is 5.70. The Balaban J connectivity index is 2.25. The van der Waals surface area contributed by atoms with Gasteiger partial charge in [0.15, 0.2) is 0 Å². The summed E-state index contributed by atoms with van der Waals surface area (Å²) in [5.41, 5.74) is 0.689. The van der Waals surface area contributed by atoms with Crippen LogP contribution in [-0.2, 0) is 10.0 Å². The van der Waals surface area contributed by atoms with Gasteiger partial charge in [-0.25, -0.2) is 13.4 Å². The van der Waals surface area contributed by atoms with Gasteiger partial charge in [0.25, 0.3) is 15.9 Å². The second kappa shape index (κ2) is 6.11. The molecule has 0 radical (unpaired) electrons. The molecule has 0 aliphatic heterocycles. The molecule has 0 aliphatic carbocycles. The molecular formula is C13H12ClN3O3S. The van der Waals surface area contributed by atoms with Gasteiger partial charge in [-0.1, -0.05) is 11.6 Å². The van der Waals surface area contributed by atoms with E-state index in [2.05, 4.69) is 15.0 Å². The van der Waals surface area contributed by atoms with Crippen LogP contribution in [0.2, 0.25) is 5.15 Å². The lowest BCUT2D eigenvalue weighted by molar-refractivity contribution is 0.0963. The van der Waals surface area contributed by atoms with E-state index < -0.39 is 10.0 Å². The van der Waals surface area contributed by atoms with Gasteiger partial charge in [-0.2, -0.15) is 0 Å². The molecule has 0 unspecified atom stereocenters. The molecule has 1 heterocycles. The molecular weight excluding hydrogens is 314 g/mol. The zero-order valence-corrected chi connectivity index (χ0v) is 12.6. The van der Waals surface area contributed by atoms with Crippen molar-refractivity contribution >= 4 is 33.2 Å². The molecule has 110 valence electrons. The van der Waals surface area contributed by atoms with Crippen molar-refractivity contribution in [2.24, 2.45) is 0 Å². The number of sulfonamides is 1. The topological polar surface area (TPSA) is 88.2 Å². The highest BCUT2D eigenvalue weighted by Gasteiger charge is 2.15. The first-order valence-corrected chi connectivity index (χ1v) is 7.75. The van der Waals surface area contributed by atoms with Gasteiger partial charge >= 0.3 is 0 Å². The van der Waals surface area contributed by atoms with Crippen LogP contribution in [0.25, 0.3) is 0 Å². The average Bonchev–Trinajstić information content (AvgIpc) is 2.46. The number of anilines is 1. The Kier molecular flexibility index (Phi) is 4.44. The van der Waals surface area contributed by atoms with Crippen molar-refractivity contribution in [1.29, 1.82) is 0 Å². The van der Waals surface area contributed by atoms with E-state index in [0.29, 0.717) is 11.3 Å². The lowest BCUT2D eigenvalue weighted by Gasteiger charge is -2.08. The second-order valence-corrected chi connectivity index (χ2v) is 6.15. The normalized spacial score (nSPS) is 11.0. The standard InChI is InChI=1S/C13H12ClN3O3S/c1-15-13(18)9-2-4-11(5-3-9)21(19,20)17-10-6-7-16-12(14)8-10/h2-8H,1H3,(H,15,18)(H,16,17). The van der Waals surface area contributed by atoms with Gasteiger partial charge in [-0.3, -0.25) is 9.52 Å². The SMILES string of the molecule is CNC(=O)c1ccc(S(=O)(=O)Nc2ccnc(Cl)c2)cc1. The fraction of sp³-hybridized carbons (Fsp3) is 0.0769. The number of carbonyl (C=O) groups excluding carboxylic acids is 1. The van der Waals surface area contributed by atoms with Crippen LogP contribution in [0.4, 0.5) is 5.69 Å². The highest BCUT2D eigenvalue weighted by molar-refractivity contribution is 7.92. The number of hydrogen-bond acceptors (Lipinski definition) is 4. The maximum Gasteiger partial charge on any atom is 0.261 e. The Morgan fingerprint density at radius 3 is 2.43 bits per heavy atom. The van der Waals surface area contributed by atoms with E-state index in [-0.39, 0.29) is 16.0 Å². The molecule has 0 bridgehead atoms. The zero-order valence-electron chi connectivity index (χ0n) is 11.0. The molecule has 2 N–H and O–H groups in total. The predicted molar refractivity (Wildman–Crippen MR) is 79.9 cm³/mol. The fourth-order valence-electron chi connectivity index (χ4n) is 1.61. The second-order valence-electron chi connectivity index (χ2n) is 4.08. The Labute approximate surface area is 127 Å². The predicted octanol–water partition coefficient (Wildman–Crippen LogP) is 1.90. The Bertz CT molecular complexity index is 760. The van der Waals surface area contributed by atoms with E-state index in [1.165, 1.54) is 49.6 Å². The average molecular weight is 326 g/mol. The van der Waals surface area contributed by atoms with Crippen molar-refractivity contribution in [2.45, 2.75) is 4.90 Å². The minimum Gasteiger partial charge on any atom is -0.355 e. The van der Waals surface area contributed by atoms with E-state index in [9.17, 15) is 13.2 Å². The van der Waals surface area contributed by atoms with Gasteiger partial charge in [0.2, 0.25) is 0 Å². The number of rotatable bonds is 4. The first-order valence-electron chi connectivity index (χ1n) is 5.89. The lowest BCUT2D eigenvalue weighted by atomic mass is 10.2. The van der Waals surface area contributed by atoms with Crippen molar-refractivity contribution in [3.8, 4) is 0 Å². The summed E-state index contributed by atoms with van der Waals surface area (Å²) < 4.78 is 26.8. The van der Waals surface area contributed by atoms with Crippen LogP contribution in [0.3, 0.4) is 0 Å². The van der Waals surface area contributed by atoms with E-state index in [1.807, 2.05) is 0 Å². The number of halogens is 1. The van der Waals surface area contributed by atoms with Crippen molar-refractivity contribution in [1.82, 2.24) is 10.3 Å². The van der Waals surface area contributed by atoms with Gasteiger partial charge in [-0.15, -0.1) is 0 Å². The van der Waals surface area contributed by atoms with Crippen molar-refractivity contribution in [3.63, 3.8) is 0 Å².